The first-order valence-electron chi connectivity index (χ1n) is 12.4. The second-order valence-corrected chi connectivity index (χ2v) is 9.13. The highest BCUT2D eigenvalue weighted by Gasteiger charge is 2.26. The van der Waals surface area contributed by atoms with Crippen LogP contribution in [0.15, 0.2) is 78.9 Å². The normalized spacial score (nSPS) is 14.7. The Bertz CT molecular complexity index is 1100. The van der Waals surface area contributed by atoms with Crippen LogP contribution in [0.2, 0.25) is 0 Å². The third-order valence-corrected chi connectivity index (χ3v) is 6.57. The fourth-order valence-electron chi connectivity index (χ4n) is 4.48. The highest BCUT2D eigenvalue weighted by Crippen LogP contribution is 2.26. The molecule has 1 fully saturated rings. The predicted molar refractivity (Wildman–Crippen MR) is 145 cm³/mol. The van der Waals surface area contributed by atoms with Crippen molar-refractivity contribution in [3.05, 3.63) is 84.4 Å². The van der Waals surface area contributed by atoms with Crippen LogP contribution in [0, 0.1) is 0 Å². The van der Waals surface area contributed by atoms with Gasteiger partial charge in [-0.05, 0) is 42.0 Å². The monoisotopic (exact) mass is 488 g/mol. The van der Waals surface area contributed by atoms with Crippen LogP contribution < -0.4 is 24.6 Å². The van der Waals surface area contributed by atoms with E-state index >= 15 is 0 Å². The fourth-order valence-corrected chi connectivity index (χ4v) is 4.48. The molecule has 0 aliphatic carbocycles. The molecule has 0 radical (unpaired) electrons. The summed E-state index contributed by atoms with van der Waals surface area (Å²) in [6.07, 6.45) is 0. The average Bonchev–Trinajstić information content (AvgIpc) is 2.93. The molecule has 0 aromatic heterocycles. The summed E-state index contributed by atoms with van der Waals surface area (Å²) >= 11 is 0. The Morgan fingerprint density at radius 1 is 0.917 bits per heavy atom. The van der Waals surface area contributed by atoms with Crippen LogP contribution in [0.4, 0.5) is 11.4 Å². The number of anilines is 2. The first kappa shape index (κ1) is 25.4. The summed E-state index contributed by atoms with van der Waals surface area (Å²) in [6, 6.07) is 26.5. The van der Waals surface area contributed by atoms with Gasteiger partial charge >= 0.3 is 0 Å². The van der Waals surface area contributed by atoms with Crippen molar-refractivity contribution < 1.29 is 14.3 Å². The van der Waals surface area contributed by atoms with Gasteiger partial charge in [0.1, 0.15) is 11.5 Å². The largest absolute Gasteiger partial charge is 0.497 e. The molecule has 7 nitrogen and oxygen atoms in total. The van der Waals surface area contributed by atoms with Crippen LogP contribution in [0.3, 0.4) is 0 Å². The average molecular weight is 489 g/mol. The van der Waals surface area contributed by atoms with Crippen LogP contribution in [0.5, 0.6) is 11.5 Å². The Morgan fingerprint density at radius 2 is 1.61 bits per heavy atom. The van der Waals surface area contributed by atoms with E-state index in [2.05, 4.69) is 68.5 Å². The number of piperazine rings is 1. The maximum atomic E-state index is 12.7. The van der Waals surface area contributed by atoms with Crippen molar-refractivity contribution in [2.24, 2.45) is 0 Å². The maximum absolute atomic E-state index is 12.7. The van der Waals surface area contributed by atoms with Gasteiger partial charge in [-0.2, -0.15) is 0 Å². The SMILES string of the molecule is COc1cccc(OCC(=O)NC[C@H](c2ccc(N(C)C)cc2)N2CCN(c3ccccc3)CC2)c1. The molecule has 1 amide bonds. The van der Waals surface area contributed by atoms with Crippen LogP contribution >= 0.6 is 0 Å². The summed E-state index contributed by atoms with van der Waals surface area (Å²) in [5.41, 5.74) is 3.61. The number of hydrogen-bond acceptors (Lipinski definition) is 6. The van der Waals surface area contributed by atoms with Crippen LogP contribution in [0.25, 0.3) is 0 Å². The lowest BCUT2D eigenvalue weighted by Crippen LogP contribution is -2.50. The molecule has 36 heavy (non-hydrogen) atoms. The number of amides is 1. The first-order chi connectivity index (χ1) is 17.5. The maximum Gasteiger partial charge on any atom is 0.258 e. The molecule has 1 saturated heterocycles. The van der Waals surface area contributed by atoms with Gasteiger partial charge in [0, 0.05) is 64.3 Å². The summed E-state index contributed by atoms with van der Waals surface area (Å²) in [7, 11) is 5.69. The number of rotatable bonds is 10. The molecule has 3 aromatic rings. The second kappa shape index (κ2) is 12.3. The smallest absolute Gasteiger partial charge is 0.258 e. The molecule has 0 bridgehead atoms. The number of nitrogens with one attached hydrogen (secondary N) is 1. The molecule has 0 spiro atoms. The predicted octanol–water partition coefficient (Wildman–Crippen LogP) is 3.82. The summed E-state index contributed by atoms with van der Waals surface area (Å²) in [5.74, 6) is 1.16. The van der Waals surface area contributed by atoms with Gasteiger partial charge in [-0.25, -0.2) is 0 Å². The lowest BCUT2D eigenvalue weighted by atomic mass is 10.0. The van der Waals surface area contributed by atoms with Gasteiger partial charge in [-0.15, -0.1) is 0 Å². The standard InChI is InChI=1S/C29H36N4O3/c1-31(2)24-14-12-23(13-15-24)28(33-18-16-32(17-19-33)25-8-5-4-6-9-25)21-30-29(34)22-36-27-11-7-10-26(20-27)35-3/h4-15,20,28H,16-19,21-22H2,1-3H3,(H,30,34)/t28-/m1/s1. The van der Waals surface area contributed by atoms with Crippen LogP contribution in [-0.2, 0) is 4.79 Å². The zero-order chi connectivity index (χ0) is 25.3. The Labute approximate surface area is 214 Å². The Kier molecular flexibility index (Phi) is 8.68. The summed E-state index contributed by atoms with van der Waals surface area (Å²) < 4.78 is 10.9. The fraction of sp³-hybridized carbons (Fsp3) is 0.345. The van der Waals surface area contributed by atoms with Crippen LogP contribution in [0.1, 0.15) is 11.6 Å². The molecular weight excluding hydrogens is 452 g/mol. The van der Waals surface area contributed by atoms with Gasteiger partial charge < -0.3 is 24.6 Å². The number of methoxy groups -OCH3 is 1. The van der Waals surface area contributed by atoms with E-state index in [0.717, 1.165) is 31.9 Å². The molecule has 1 N–H and O–H groups in total. The molecule has 1 aliphatic heterocycles. The van der Waals surface area contributed by atoms with E-state index in [0.29, 0.717) is 18.0 Å². The van der Waals surface area contributed by atoms with E-state index in [1.54, 1.807) is 13.2 Å². The van der Waals surface area contributed by atoms with Gasteiger partial charge in [0.25, 0.3) is 5.91 Å². The van der Waals surface area contributed by atoms with E-state index in [1.807, 2.05) is 38.4 Å². The molecular formula is C29H36N4O3. The highest BCUT2D eigenvalue weighted by atomic mass is 16.5. The van der Waals surface area contributed by atoms with Crippen molar-refractivity contribution in [3.63, 3.8) is 0 Å². The third-order valence-electron chi connectivity index (χ3n) is 6.57. The Hall–Kier alpha value is -3.71. The molecule has 1 aliphatic rings. The minimum atomic E-state index is -0.143. The van der Waals surface area contributed by atoms with E-state index < -0.39 is 0 Å². The molecule has 4 rings (SSSR count). The highest BCUT2D eigenvalue weighted by molar-refractivity contribution is 5.77. The van der Waals surface area contributed by atoms with Crippen molar-refractivity contribution in [1.29, 1.82) is 0 Å². The molecule has 3 aromatic carbocycles. The third kappa shape index (κ3) is 6.70. The van der Waals surface area contributed by atoms with E-state index in [-0.39, 0.29) is 18.6 Å². The molecule has 190 valence electrons. The zero-order valence-corrected chi connectivity index (χ0v) is 21.4. The number of hydrogen-bond donors (Lipinski definition) is 1. The van der Waals surface area contributed by atoms with Crippen molar-refractivity contribution in [2.45, 2.75) is 6.04 Å². The number of carbonyl (C=O) groups is 1. The van der Waals surface area contributed by atoms with Crippen molar-refractivity contribution >= 4 is 17.3 Å². The number of ether oxygens (including phenoxy) is 2. The van der Waals surface area contributed by atoms with Gasteiger partial charge in [-0.3, -0.25) is 9.69 Å². The number of benzene rings is 3. The molecule has 0 unspecified atom stereocenters. The second-order valence-electron chi connectivity index (χ2n) is 9.13. The summed E-state index contributed by atoms with van der Waals surface area (Å²) in [6.45, 7) is 4.22. The van der Waals surface area contributed by atoms with Crippen molar-refractivity contribution in [2.75, 3.05) is 70.3 Å². The van der Waals surface area contributed by atoms with E-state index in [9.17, 15) is 4.79 Å². The molecule has 1 atom stereocenters. The van der Waals surface area contributed by atoms with Crippen LogP contribution in [-0.4, -0.2) is 71.3 Å². The van der Waals surface area contributed by atoms with E-state index in [1.165, 1.54) is 11.3 Å². The van der Waals surface area contributed by atoms with Gasteiger partial charge in [0.2, 0.25) is 0 Å². The van der Waals surface area contributed by atoms with Gasteiger partial charge in [0.05, 0.1) is 13.2 Å². The first-order valence-corrected chi connectivity index (χ1v) is 12.4. The molecule has 1 heterocycles. The minimum absolute atomic E-state index is 0.0404. The number of nitrogens with zero attached hydrogens (tertiary/aromatic N) is 3. The zero-order valence-electron chi connectivity index (χ0n) is 21.4. The minimum Gasteiger partial charge on any atom is -0.497 e. The van der Waals surface area contributed by atoms with E-state index in [4.69, 9.17) is 9.47 Å². The van der Waals surface area contributed by atoms with Crippen molar-refractivity contribution in [3.8, 4) is 11.5 Å². The topological polar surface area (TPSA) is 57.3 Å². The lowest BCUT2D eigenvalue weighted by Gasteiger charge is -2.40. The summed E-state index contributed by atoms with van der Waals surface area (Å²) in [5, 5.41) is 3.10. The molecule has 7 heteroatoms. The Morgan fingerprint density at radius 3 is 2.28 bits per heavy atom. The number of carbonyl (C=O) groups excluding carboxylic acids is 1. The quantitative estimate of drug-likeness (QED) is 0.468. The summed E-state index contributed by atoms with van der Waals surface area (Å²) in [4.78, 5) is 19.6. The lowest BCUT2D eigenvalue weighted by molar-refractivity contribution is -0.123. The van der Waals surface area contributed by atoms with Crippen molar-refractivity contribution in [1.82, 2.24) is 10.2 Å². The number of para-hydroxylation sites is 1. The van der Waals surface area contributed by atoms with Gasteiger partial charge in [-0.1, -0.05) is 36.4 Å². The molecule has 0 saturated carbocycles. The van der Waals surface area contributed by atoms with Gasteiger partial charge in [0.15, 0.2) is 6.61 Å². The Balaban J connectivity index is 1.39.